The molecule has 174 valence electrons. The number of ether oxygens (including phenoxy) is 2. The first-order valence-electron chi connectivity index (χ1n) is 12.2. The number of rotatable bonds is 17. The van der Waals surface area contributed by atoms with Gasteiger partial charge < -0.3 is 9.47 Å². The molecular weight excluding hydrogens is 364 g/mol. The summed E-state index contributed by atoms with van der Waals surface area (Å²) in [4.78, 5) is 22.5. The van der Waals surface area contributed by atoms with Crippen molar-refractivity contribution >= 4 is 11.9 Å². The van der Waals surface area contributed by atoms with E-state index in [4.69, 9.17) is 9.47 Å². The van der Waals surface area contributed by atoms with E-state index in [1.165, 1.54) is 19.3 Å². The van der Waals surface area contributed by atoms with Crippen molar-refractivity contribution in [2.75, 3.05) is 13.2 Å². The summed E-state index contributed by atoms with van der Waals surface area (Å²) in [6.45, 7) is 14.0. The van der Waals surface area contributed by atoms with Gasteiger partial charge in [0.1, 0.15) is 0 Å². The van der Waals surface area contributed by atoms with Gasteiger partial charge in [-0.2, -0.15) is 0 Å². The van der Waals surface area contributed by atoms with Gasteiger partial charge in [0.2, 0.25) is 0 Å². The maximum Gasteiger partial charge on any atom is 0.305 e. The third-order valence-electron chi connectivity index (χ3n) is 5.00. The molecule has 0 rings (SSSR count). The largest absolute Gasteiger partial charge is 0.465 e. The van der Waals surface area contributed by atoms with Gasteiger partial charge in [0.05, 0.1) is 13.2 Å². The molecule has 4 nitrogen and oxygen atoms in total. The van der Waals surface area contributed by atoms with Crippen LogP contribution in [-0.2, 0) is 19.1 Å². The molecule has 0 heterocycles. The van der Waals surface area contributed by atoms with Gasteiger partial charge in [-0.15, -0.1) is 0 Å². The van der Waals surface area contributed by atoms with E-state index >= 15 is 0 Å². The Hall–Kier alpha value is -1.06. The van der Waals surface area contributed by atoms with E-state index in [0.29, 0.717) is 37.9 Å². The van der Waals surface area contributed by atoms with Gasteiger partial charge >= 0.3 is 11.9 Å². The molecule has 0 aliphatic heterocycles. The van der Waals surface area contributed by atoms with Crippen LogP contribution >= 0.6 is 0 Å². The second kappa shape index (κ2) is 23.2. The smallest absolute Gasteiger partial charge is 0.305 e. The summed E-state index contributed by atoms with van der Waals surface area (Å²) in [5.41, 5.74) is 0. The molecular formula is C25H50O4. The van der Waals surface area contributed by atoms with Crippen molar-refractivity contribution in [2.24, 2.45) is 11.8 Å². The van der Waals surface area contributed by atoms with Gasteiger partial charge in [-0.1, -0.05) is 92.9 Å². The topological polar surface area (TPSA) is 52.6 Å². The van der Waals surface area contributed by atoms with E-state index in [2.05, 4.69) is 41.5 Å². The highest BCUT2D eigenvalue weighted by molar-refractivity contribution is 5.69. The lowest BCUT2D eigenvalue weighted by Crippen LogP contribution is -2.11. The minimum absolute atomic E-state index is 0.0215. The van der Waals surface area contributed by atoms with Crippen molar-refractivity contribution in [2.45, 2.75) is 125 Å². The van der Waals surface area contributed by atoms with Crippen LogP contribution in [0, 0.1) is 11.8 Å². The maximum absolute atomic E-state index is 11.3. The standard InChI is InChI=1S/C13H26O2.C12H24O2/c1-4-6-7-8-9-10-13(14)15-11-12(3)5-2;1-4-6-7-9-12(13)14-10-11(3)8-5-2/h12H,4-11H2,1-3H3;11H,4-10H2,1-3H3. The first-order chi connectivity index (χ1) is 13.9. The lowest BCUT2D eigenvalue weighted by Gasteiger charge is -2.10. The van der Waals surface area contributed by atoms with Crippen LogP contribution < -0.4 is 0 Å². The molecule has 0 N–H and O–H groups in total. The van der Waals surface area contributed by atoms with Crippen LogP contribution in [0.2, 0.25) is 0 Å². The second-order valence-electron chi connectivity index (χ2n) is 8.39. The van der Waals surface area contributed by atoms with Crippen molar-refractivity contribution in [3.8, 4) is 0 Å². The predicted molar refractivity (Wildman–Crippen MR) is 123 cm³/mol. The van der Waals surface area contributed by atoms with Crippen LogP contribution in [0.25, 0.3) is 0 Å². The van der Waals surface area contributed by atoms with E-state index in [1.807, 2.05) is 0 Å². The number of carbonyl (C=O) groups is 2. The van der Waals surface area contributed by atoms with E-state index in [1.54, 1.807) is 0 Å². The Bertz CT molecular complexity index is 368. The fraction of sp³-hybridized carbons (Fsp3) is 0.920. The van der Waals surface area contributed by atoms with E-state index < -0.39 is 0 Å². The fourth-order valence-electron chi connectivity index (χ4n) is 2.70. The zero-order chi connectivity index (χ0) is 22.3. The highest BCUT2D eigenvalue weighted by atomic mass is 16.5. The zero-order valence-corrected chi connectivity index (χ0v) is 20.4. The Balaban J connectivity index is 0. The lowest BCUT2D eigenvalue weighted by atomic mass is 10.1. The number of esters is 2. The first-order valence-corrected chi connectivity index (χ1v) is 12.2. The predicted octanol–water partition coefficient (Wildman–Crippen LogP) is 7.48. The molecule has 0 aromatic carbocycles. The maximum atomic E-state index is 11.3. The molecule has 0 aliphatic carbocycles. The number of carbonyl (C=O) groups excluding carboxylic acids is 2. The van der Waals surface area contributed by atoms with Crippen LogP contribution in [0.3, 0.4) is 0 Å². The Morgan fingerprint density at radius 1 is 0.621 bits per heavy atom. The van der Waals surface area contributed by atoms with Crippen molar-refractivity contribution in [1.29, 1.82) is 0 Å². The molecule has 0 fully saturated rings. The summed E-state index contributed by atoms with van der Waals surface area (Å²) in [6.07, 6.45) is 13.7. The molecule has 2 unspecified atom stereocenters. The number of hydrogen-bond acceptors (Lipinski definition) is 4. The van der Waals surface area contributed by atoms with E-state index in [9.17, 15) is 9.59 Å². The van der Waals surface area contributed by atoms with Gasteiger partial charge in [-0.05, 0) is 31.1 Å². The van der Waals surface area contributed by atoms with Gasteiger partial charge in [-0.25, -0.2) is 0 Å². The highest BCUT2D eigenvalue weighted by Gasteiger charge is 2.06. The molecule has 2 atom stereocenters. The molecule has 0 saturated carbocycles. The Morgan fingerprint density at radius 2 is 1.07 bits per heavy atom. The Labute approximate surface area is 181 Å². The van der Waals surface area contributed by atoms with E-state index in [0.717, 1.165) is 51.4 Å². The van der Waals surface area contributed by atoms with Crippen molar-refractivity contribution in [1.82, 2.24) is 0 Å². The third-order valence-corrected chi connectivity index (χ3v) is 5.00. The Morgan fingerprint density at radius 3 is 1.55 bits per heavy atom. The van der Waals surface area contributed by atoms with Crippen molar-refractivity contribution in [3.63, 3.8) is 0 Å². The lowest BCUT2D eigenvalue weighted by molar-refractivity contribution is -0.146. The molecule has 0 amide bonds. The van der Waals surface area contributed by atoms with Crippen LogP contribution in [0.5, 0.6) is 0 Å². The van der Waals surface area contributed by atoms with E-state index in [-0.39, 0.29) is 11.9 Å². The van der Waals surface area contributed by atoms with Crippen LogP contribution in [0.1, 0.15) is 125 Å². The number of unbranched alkanes of at least 4 members (excludes halogenated alkanes) is 6. The third kappa shape index (κ3) is 24.9. The first kappa shape index (κ1) is 30.1. The number of hydrogen-bond donors (Lipinski definition) is 0. The minimum Gasteiger partial charge on any atom is -0.465 e. The average molecular weight is 415 g/mol. The summed E-state index contributed by atoms with van der Waals surface area (Å²) in [7, 11) is 0. The molecule has 0 spiro atoms. The molecule has 0 aromatic rings. The van der Waals surface area contributed by atoms with Crippen LogP contribution in [0.4, 0.5) is 0 Å². The summed E-state index contributed by atoms with van der Waals surface area (Å²) in [6, 6.07) is 0. The minimum atomic E-state index is -0.0265. The van der Waals surface area contributed by atoms with Crippen LogP contribution in [0.15, 0.2) is 0 Å². The monoisotopic (exact) mass is 414 g/mol. The molecule has 0 saturated heterocycles. The quantitative estimate of drug-likeness (QED) is 0.183. The molecule has 0 aromatic heterocycles. The van der Waals surface area contributed by atoms with Gasteiger partial charge in [0.25, 0.3) is 0 Å². The van der Waals surface area contributed by atoms with Gasteiger partial charge in [0.15, 0.2) is 0 Å². The van der Waals surface area contributed by atoms with Crippen molar-refractivity contribution in [3.05, 3.63) is 0 Å². The molecule has 4 heteroatoms. The SMILES string of the molecule is CCCCCC(=O)OCC(C)CCC.CCCCCCCC(=O)OCC(C)CC. The Kier molecular flexibility index (Phi) is 24.1. The second-order valence-corrected chi connectivity index (χ2v) is 8.39. The van der Waals surface area contributed by atoms with Crippen molar-refractivity contribution < 1.29 is 19.1 Å². The zero-order valence-electron chi connectivity index (χ0n) is 20.4. The summed E-state index contributed by atoms with van der Waals surface area (Å²) < 4.78 is 10.3. The molecule has 29 heavy (non-hydrogen) atoms. The molecule has 0 aliphatic rings. The summed E-state index contributed by atoms with van der Waals surface area (Å²) >= 11 is 0. The molecule has 0 radical (unpaired) electrons. The highest BCUT2D eigenvalue weighted by Crippen LogP contribution is 2.08. The summed E-state index contributed by atoms with van der Waals surface area (Å²) in [5.74, 6) is 0.956. The summed E-state index contributed by atoms with van der Waals surface area (Å²) in [5, 5.41) is 0. The van der Waals surface area contributed by atoms with Crippen LogP contribution in [-0.4, -0.2) is 25.2 Å². The molecule has 0 bridgehead atoms. The van der Waals surface area contributed by atoms with Gasteiger partial charge in [0, 0.05) is 12.8 Å². The average Bonchev–Trinajstić information content (AvgIpc) is 2.71. The normalized spacial score (nSPS) is 12.5. The fourth-order valence-corrected chi connectivity index (χ4v) is 2.70. The van der Waals surface area contributed by atoms with Gasteiger partial charge in [-0.3, -0.25) is 9.59 Å².